The average Bonchev–Trinajstić information content (AvgIpc) is 2.63. The minimum absolute atomic E-state index is 0.0493. The molecule has 17 heavy (non-hydrogen) atoms. The molecule has 1 aliphatic heterocycles. The molecule has 2 N–H and O–H groups in total. The van der Waals surface area contributed by atoms with Gasteiger partial charge >= 0.3 is 0 Å². The third-order valence-corrected chi connectivity index (χ3v) is 3.73. The fraction of sp³-hybridized carbons (Fsp3) is 0.333. The van der Waals surface area contributed by atoms with E-state index in [2.05, 4.69) is 15.0 Å². The Morgan fingerprint density at radius 2 is 2.29 bits per heavy atom. The van der Waals surface area contributed by atoms with Crippen LogP contribution in [0.25, 0.3) is 0 Å². The quantitative estimate of drug-likeness (QED) is 0.757. The van der Waals surface area contributed by atoms with E-state index in [0.717, 1.165) is 6.07 Å². The Morgan fingerprint density at radius 3 is 2.88 bits per heavy atom. The van der Waals surface area contributed by atoms with Gasteiger partial charge in [0.05, 0.1) is 0 Å². The van der Waals surface area contributed by atoms with E-state index < -0.39 is 26.9 Å². The highest BCUT2D eigenvalue weighted by molar-refractivity contribution is 7.89. The lowest BCUT2D eigenvalue weighted by Gasteiger charge is -2.10. The van der Waals surface area contributed by atoms with Gasteiger partial charge in [0.15, 0.2) is 5.82 Å². The molecule has 6 nitrogen and oxygen atoms in total. The number of rotatable bonds is 3. The molecule has 0 aliphatic carbocycles. The summed E-state index contributed by atoms with van der Waals surface area (Å²) in [6, 6.07) is 1.75. The van der Waals surface area contributed by atoms with Crippen molar-refractivity contribution >= 4 is 15.9 Å². The zero-order chi connectivity index (χ0) is 12.5. The fourth-order valence-electron chi connectivity index (χ4n) is 1.53. The van der Waals surface area contributed by atoms with Gasteiger partial charge in [-0.05, 0) is 12.1 Å². The van der Waals surface area contributed by atoms with Crippen LogP contribution in [-0.2, 0) is 14.8 Å². The van der Waals surface area contributed by atoms with Crippen molar-refractivity contribution in [1.29, 1.82) is 0 Å². The lowest BCUT2D eigenvalue weighted by Crippen LogP contribution is -2.37. The Hall–Kier alpha value is -1.54. The van der Waals surface area contributed by atoms with Crippen LogP contribution in [0.15, 0.2) is 23.4 Å². The average molecular weight is 259 g/mol. The number of amides is 1. The van der Waals surface area contributed by atoms with Crippen molar-refractivity contribution in [3.8, 4) is 0 Å². The molecule has 2 rings (SSSR count). The Morgan fingerprint density at radius 1 is 1.53 bits per heavy atom. The van der Waals surface area contributed by atoms with Crippen molar-refractivity contribution in [3.05, 3.63) is 24.1 Å². The Bertz CT molecular complexity index is 546. The molecule has 0 saturated carbocycles. The maximum atomic E-state index is 13.3. The summed E-state index contributed by atoms with van der Waals surface area (Å²) in [6.45, 7) is 0.201. The van der Waals surface area contributed by atoms with Crippen LogP contribution in [0.5, 0.6) is 0 Å². The Kier molecular flexibility index (Phi) is 3.07. The van der Waals surface area contributed by atoms with Gasteiger partial charge in [-0.3, -0.25) is 4.79 Å². The summed E-state index contributed by atoms with van der Waals surface area (Å²) < 4.78 is 39.0. The summed E-state index contributed by atoms with van der Waals surface area (Å²) in [5, 5.41) is 1.82. The van der Waals surface area contributed by atoms with E-state index in [1.54, 1.807) is 0 Å². The summed E-state index contributed by atoms with van der Waals surface area (Å²) in [6.07, 6.45) is 1.24. The van der Waals surface area contributed by atoms with Crippen molar-refractivity contribution in [3.63, 3.8) is 0 Å². The van der Waals surface area contributed by atoms with Gasteiger partial charge in [-0.2, -0.15) is 0 Å². The first-order valence-electron chi connectivity index (χ1n) is 4.88. The Balaban J connectivity index is 2.20. The number of sulfonamides is 1. The first-order valence-corrected chi connectivity index (χ1v) is 6.37. The van der Waals surface area contributed by atoms with Crippen LogP contribution in [0, 0.1) is 5.82 Å². The number of carbonyl (C=O) groups is 1. The number of halogens is 1. The molecule has 1 fully saturated rings. The van der Waals surface area contributed by atoms with E-state index in [1.807, 2.05) is 0 Å². The molecule has 1 aliphatic rings. The van der Waals surface area contributed by atoms with E-state index in [4.69, 9.17) is 0 Å². The molecule has 92 valence electrons. The minimum Gasteiger partial charge on any atom is -0.354 e. The Labute approximate surface area is 97.3 Å². The number of hydrogen-bond donors (Lipinski definition) is 2. The molecule has 1 saturated heterocycles. The second kappa shape index (κ2) is 4.38. The molecule has 0 bridgehead atoms. The smallest absolute Gasteiger partial charge is 0.261 e. The first-order chi connectivity index (χ1) is 7.99. The van der Waals surface area contributed by atoms with E-state index >= 15 is 0 Å². The van der Waals surface area contributed by atoms with Crippen molar-refractivity contribution in [1.82, 2.24) is 15.0 Å². The number of nitrogens with one attached hydrogen (secondary N) is 2. The molecule has 1 aromatic heterocycles. The van der Waals surface area contributed by atoms with Gasteiger partial charge in [-0.25, -0.2) is 22.5 Å². The van der Waals surface area contributed by atoms with Crippen LogP contribution in [0.4, 0.5) is 4.39 Å². The number of pyridine rings is 1. The van der Waals surface area contributed by atoms with Crippen LogP contribution in [-0.4, -0.2) is 31.9 Å². The predicted molar refractivity (Wildman–Crippen MR) is 55.9 cm³/mol. The molecule has 0 aromatic carbocycles. The lowest BCUT2D eigenvalue weighted by atomic mass is 10.3. The van der Waals surface area contributed by atoms with Gasteiger partial charge in [0.25, 0.3) is 10.0 Å². The molecular weight excluding hydrogens is 249 g/mol. The zero-order valence-electron chi connectivity index (χ0n) is 8.68. The summed E-state index contributed by atoms with van der Waals surface area (Å²) in [7, 11) is -4.03. The molecule has 1 atom stereocenters. The molecule has 1 aromatic rings. The third-order valence-electron chi connectivity index (χ3n) is 2.28. The van der Waals surface area contributed by atoms with Gasteiger partial charge in [-0.15, -0.1) is 0 Å². The van der Waals surface area contributed by atoms with E-state index in [9.17, 15) is 17.6 Å². The molecule has 0 radical (unpaired) electrons. The number of carbonyl (C=O) groups excluding carboxylic acids is 1. The molecule has 0 spiro atoms. The highest BCUT2D eigenvalue weighted by atomic mass is 32.2. The van der Waals surface area contributed by atoms with Crippen LogP contribution >= 0.6 is 0 Å². The molecular formula is C9H10FN3O3S. The second-order valence-electron chi connectivity index (χ2n) is 3.62. The topological polar surface area (TPSA) is 88.2 Å². The largest absolute Gasteiger partial charge is 0.354 e. The third kappa shape index (κ3) is 2.59. The second-order valence-corrected chi connectivity index (χ2v) is 5.25. The summed E-state index contributed by atoms with van der Waals surface area (Å²) >= 11 is 0. The van der Waals surface area contributed by atoms with Gasteiger partial charge < -0.3 is 5.32 Å². The molecule has 1 amide bonds. The zero-order valence-corrected chi connectivity index (χ0v) is 9.50. The van der Waals surface area contributed by atoms with Gasteiger partial charge in [-0.1, -0.05) is 0 Å². The van der Waals surface area contributed by atoms with E-state index in [-0.39, 0.29) is 18.9 Å². The minimum atomic E-state index is -4.03. The fourth-order valence-corrected chi connectivity index (χ4v) is 2.77. The number of aromatic nitrogens is 1. The summed E-state index contributed by atoms with van der Waals surface area (Å²) in [4.78, 5) is 14.4. The summed E-state index contributed by atoms with van der Waals surface area (Å²) in [5.74, 6) is -1.16. The maximum absolute atomic E-state index is 13.3. The summed E-state index contributed by atoms with van der Waals surface area (Å²) in [5.41, 5.74) is 0. The highest BCUT2D eigenvalue weighted by Gasteiger charge is 2.29. The first kappa shape index (κ1) is 11.9. The van der Waals surface area contributed by atoms with Crippen molar-refractivity contribution in [2.24, 2.45) is 0 Å². The van der Waals surface area contributed by atoms with E-state index in [0.29, 0.717) is 0 Å². The lowest BCUT2D eigenvalue weighted by molar-refractivity contribution is -0.119. The standard InChI is InChI=1S/C9H10FN3O3S/c10-7-2-1-3-11-9(7)17(15,16)13-6-4-8(14)12-5-6/h1-3,6,13H,4-5H2,(H,12,14). The highest BCUT2D eigenvalue weighted by Crippen LogP contribution is 2.12. The van der Waals surface area contributed by atoms with Gasteiger partial charge in [0.1, 0.15) is 0 Å². The van der Waals surface area contributed by atoms with Crippen LogP contribution < -0.4 is 10.0 Å². The SMILES string of the molecule is O=C1CC(NS(=O)(=O)c2ncccc2F)CN1. The molecule has 1 unspecified atom stereocenters. The van der Waals surface area contributed by atoms with Gasteiger partial charge in [0, 0.05) is 25.2 Å². The van der Waals surface area contributed by atoms with Crippen LogP contribution in [0.2, 0.25) is 0 Å². The van der Waals surface area contributed by atoms with Crippen molar-refractivity contribution < 1.29 is 17.6 Å². The van der Waals surface area contributed by atoms with E-state index in [1.165, 1.54) is 12.3 Å². The maximum Gasteiger partial charge on any atom is 0.261 e. The normalized spacial score (nSPS) is 20.3. The monoisotopic (exact) mass is 259 g/mol. The van der Waals surface area contributed by atoms with Crippen molar-refractivity contribution in [2.75, 3.05) is 6.54 Å². The van der Waals surface area contributed by atoms with Crippen LogP contribution in [0.1, 0.15) is 6.42 Å². The number of nitrogens with zero attached hydrogens (tertiary/aromatic N) is 1. The van der Waals surface area contributed by atoms with Gasteiger partial charge in [0.2, 0.25) is 10.9 Å². The molecule has 8 heteroatoms. The molecule has 2 heterocycles. The number of hydrogen-bond acceptors (Lipinski definition) is 4. The van der Waals surface area contributed by atoms with Crippen LogP contribution in [0.3, 0.4) is 0 Å². The van der Waals surface area contributed by atoms with Crippen molar-refractivity contribution in [2.45, 2.75) is 17.5 Å². The predicted octanol–water partition coefficient (Wildman–Crippen LogP) is -0.612.